The number of carbonyl (C=O) groups excluding carboxylic acids is 2. The molecule has 0 radical (unpaired) electrons. The van der Waals surface area contributed by atoms with Crippen molar-refractivity contribution >= 4 is 50.7 Å². The topological polar surface area (TPSA) is 86.8 Å². The van der Waals surface area contributed by atoms with Gasteiger partial charge in [-0.1, -0.05) is 96.9 Å². The molecule has 0 aromatic heterocycles. The third kappa shape index (κ3) is 8.52. The van der Waals surface area contributed by atoms with Crippen LogP contribution in [0, 0.1) is 13.8 Å². The Morgan fingerprint density at radius 3 is 2.00 bits per heavy atom. The number of rotatable bonds is 11. The molecule has 1 aliphatic carbocycles. The second kappa shape index (κ2) is 14.6. The van der Waals surface area contributed by atoms with Crippen molar-refractivity contribution in [2.75, 3.05) is 10.8 Å². The summed E-state index contributed by atoms with van der Waals surface area (Å²) < 4.78 is 29.1. The van der Waals surface area contributed by atoms with E-state index in [2.05, 4.69) is 5.32 Å². The summed E-state index contributed by atoms with van der Waals surface area (Å²) in [5, 5.41) is 3.62. The lowest BCUT2D eigenvalue weighted by Gasteiger charge is -2.34. The minimum Gasteiger partial charge on any atom is -0.352 e. The van der Waals surface area contributed by atoms with Crippen molar-refractivity contribution in [3.05, 3.63) is 93.5 Å². The third-order valence-corrected chi connectivity index (χ3v) is 10.1. The Labute approximate surface area is 265 Å². The average molecular weight is 645 g/mol. The molecule has 230 valence electrons. The van der Waals surface area contributed by atoms with Gasteiger partial charge in [0.2, 0.25) is 11.8 Å². The van der Waals surface area contributed by atoms with Crippen LogP contribution >= 0.6 is 23.2 Å². The van der Waals surface area contributed by atoms with Gasteiger partial charge in [-0.15, -0.1) is 0 Å². The highest BCUT2D eigenvalue weighted by atomic mass is 35.5. The van der Waals surface area contributed by atoms with Crippen molar-refractivity contribution in [2.24, 2.45) is 0 Å². The zero-order valence-corrected chi connectivity index (χ0v) is 27.2. The first-order valence-corrected chi connectivity index (χ1v) is 16.9. The van der Waals surface area contributed by atoms with Crippen LogP contribution in [0.25, 0.3) is 0 Å². The maximum Gasteiger partial charge on any atom is 0.264 e. The van der Waals surface area contributed by atoms with Gasteiger partial charge in [0.25, 0.3) is 10.0 Å². The molecule has 3 aromatic rings. The van der Waals surface area contributed by atoms with Crippen LogP contribution in [0.1, 0.15) is 62.1 Å². The predicted molar refractivity (Wildman–Crippen MR) is 173 cm³/mol. The van der Waals surface area contributed by atoms with Crippen molar-refractivity contribution in [1.82, 2.24) is 10.2 Å². The van der Waals surface area contributed by atoms with Gasteiger partial charge in [0.05, 0.1) is 10.6 Å². The van der Waals surface area contributed by atoms with Gasteiger partial charge in [-0.2, -0.15) is 0 Å². The highest BCUT2D eigenvalue weighted by molar-refractivity contribution is 7.92. The summed E-state index contributed by atoms with van der Waals surface area (Å²) >= 11 is 12.6. The van der Waals surface area contributed by atoms with E-state index in [4.69, 9.17) is 23.2 Å². The normalized spacial score (nSPS) is 14.6. The molecule has 0 aliphatic heterocycles. The van der Waals surface area contributed by atoms with Gasteiger partial charge in [-0.05, 0) is 69.0 Å². The molecular weight excluding hydrogens is 605 g/mol. The molecule has 7 nitrogen and oxygen atoms in total. The van der Waals surface area contributed by atoms with Crippen molar-refractivity contribution < 1.29 is 18.0 Å². The number of hydrogen-bond acceptors (Lipinski definition) is 4. The van der Waals surface area contributed by atoms with E-state index in [0.29, 0.717) is 6.42 Å². The lowest BCUT2D eigenvalue weighted by atomic mass is 9.95. The fourth-order valence-electron chi connectivity index (χ4n) is 5.40. The van der Waals surface area contributed by atoms with E-state index >= 15 is 0 Å². The number of benzene rings is 3. The molecule has 43 heavy (non-hydrogen) atoms. The quantitative estimate of drug-likeness (QED) is 0.242. The van der Waals surface area contributed by atoms with E-state index in [0.717, 1.165) is 53.1 Å². The minimum absolute atomic E-state index is 0.0224. The maximum absolute atomic E-state index is 14.3. The first-order valence-electron chi connectivity index (χ1n) is 14.7. The molecule has 10 heteroatoms. The number of nitrogens with zero attached hydrogens (tertiary/aromatic N) is 2. The van der Waals surface area contributed by atoms with Gasteiger partial charge in [0.15, 0.2) is 0 Å². The third-order valence-electron chi connectivity index (χ3n) is 7.83. The SMILES string of the molecule is CC[C@@H](C(=O)NC1CCCCC1)N(Cc1ccc(C)cc1)C(=O)CN(c1cc(Cl)cc(Cl)c1)S(=O)(=O)c1ccc(C)cc1. The molecular formula is C33H39Cl2N3O4S. The van der Waals surface area contributed by atoms with E-state index in [1.54, 1.807) is 12.1 Å². The molecule has 0 heterocycles. The van der Waals surface area contributed by atoms with Gasteiger partial charge >= 0.3 is 0 Å². The number of aryl methyl sites for hydroxylation is 2. The molecule has 1 N–H and O–H groups in total. The largest absolute Gasteiger partial charge is 0.352 e. The zero-order valence-electron chi connectivity index (χ0n) is 24.9. The van der Waals surface area contributed by atoms with Gasteiger partial charge in [-0.3, -0.25) is 13.9 Å². The fourth-order valence-corrected chi connectivity index (χ4v) is 7.32. The van der Waals surface area contributed by atoms with Gasteiger partial charge < -0.3 is 10.2 Å². The Bertz CT molecular complexity index is 1500. The van der Waals surface area contributed by atoms with Gasteiger partial charge in [0, 0.05) is 22.6 Å². The van der Waals surface area contributed by atoms with Crippen molar-refractivity contribution in [3.63, 3.8) is 0 Å². The predicted octanol–water partition coefficient (Wildman–Crippen LogP) is 7.06. The monoisotopic (exact) mass is 643 g/mol. The van der Waals surface area contributed by atoms with Crippen LogP contribution in [-0.2, 0) is 26.2 Å². The molecule has 1 fully saturated rings. The Balaban J connectivity index is 1.72. The van der Waals surface area contributed by atoms with Crippen molar-refractivity contribution in [3.8, 4) is 0 Å². The fraction of sp³-hybridized carbons (Fsp3) is 0.394. The molecule has 4 rings (SSSR count). The molecule has 1 saturated carbocycles. The lowest BCUT2D eigenvalue weighted by Crippen LogP contribution is -2.54. The molecule has 0 bridgehead atoms. The highest BCUT2D eigenvalue weighted by Crippen LogP contribution is 2.30. The second-order valence-corrected chi connectivity index (χ2v) is 14.0. The summed E-state index contributed by atoms with van der Waals surface area (Å²) in [5.41, 5.74) is 2.95. The van der Waals surface area contributed by atoms with Crippen molar-refractivity contribution in [2.45, 2.75) is 82.8 Å². The van der Waals surface area contributed by atoms with E-state index < -0.39 is 28.5 Å². The Kier molecular flexibility index (Phi) is 11.2. The Morgan fingerprint density at radius 2 is 1.44 bits per heavy atom. The number of sulfonamides is 1. The average Bonchev–Trinajstić information content (AvgIpc) is 2.97. The Morgan fingerprint density at radius 1 is 0.884 bits per heavy atom. The van der Waals surface area contributed by atoms with E-state index in [-0.39, 0.29) is 39.1 Å². The first kappa shape index (κ1) is 32.8. The molecule has 0 spiro atoms. The van der Waals surface area contributed by atoms with Crippen LogP contribution < -0.4 is 9.62 Å². The number of amides is 2. The minimum atomic E-state index is -4.22. The van der Waals surface area contributed by atoms with Crippen molar-refractivity contribution in [1.29, 1.82) is 0 Å². The Hall–Kier alpha value is -3.07. The second-order valence-electron chi connectivity index (χ2n) is 11.2. The summed E-state index contributed by atoms with van der Waals surface area (Å²) in [6, 6.07) is 17.8. The number of halogens is 2. The summed E-state index contributed by atoms with van der Waals surface area (Å²) in [7, 11) is -4.22. The molecule has 1 aliphatic rings. The van der Waals surface area contributed by atoms with Crippen LogP contribution in [0.5, 0.6) is 0 Å². The molecule has 3 aromatic carbocycles. The summed E-state index contributed by atoms with van der Waals surface area (Å²) in [5.74, 6) is -0.744. The van der Waals surface area contributed by atoms with E-state index in [1.807, 2.05) is 45.0 Å². The van der Waals surface area contributed by atoms with Crippen LogP contribution in [0.4, 0.5) is 5.69 Å². The van der Waals surface area contributed by atoms with Crippen LogP contribution in [0.2, 0.25) is 10.0 Å². The van der Waals surface area contributed by atoms with Crippen LogP contribution in [0.3, 0.4) is 0 Å². The standard InChI is InChI=1S/C33H39Cl2N3O4S/c1-4-31(33(40)36-28-8-6-5-7-9-28)37(21-25-14-10-23(2)11-15-25)32(39)22-38(29-19-26(34)18-27(35)20-29)43(41,42)30-16-12-24(3)13-17-30/h10-20,28,31H,4-9,21-22H2,1-3H3,(H,36,40)/t31-/m0/s1. The summed E-state index contributed by atoms with van der Waals surface area (Å²) in [4.78, 5) is 29.4. The van der Waals surface area contributed by atoms with Crippen LogP contribution in [-0.4, -0.2) is 43.8 Å². The molecule has 0 unspecified atom stereocenters. The summed E-state index contributed by atoms with van der Waals surface area (Å²) in [6.07, 6.45) is 5.45. The van der Waals surface area contributed by atoms with E-state index in [1.165, 1.54) is 35.2 Å². The number of anilines is 1. The maximum atomic E-state index is 14.3. The van der Waals surface area contributed by atoms with Gasteiger partial charge in [-0.25, -0.2) is 8.42 Å². The summed E-state index contributed by atoms with van der Waals surface area (Å²) in [6.45, 7) is 5.29. The molecule has 0 saturated heterocycles. The highest BCUT2D eigenvalue weighted by Gasteiger charge is 2.34. The smallest absolute Gasteiger partial charge is 0.264 e. The number of nitrogens with one attached hydrogen (secondary N) is 1. The molecule has 1 atom stereocenters. The van der Waals surface area contributed by atoms with E-state index in [9.17, 15) is 18.0 Å². The number of hydrogen-bond donors (Lipinski definition) is 1. The van der Waals surface area contributed by atoms with Gasteiger partial charge in [0.1, 0.15) is 12.6 Å². The van der Waals surface area contributed by atoms with Crippen LogP contribution in [0.15, 0.2) is 71.6 Å². The first-order chi connectivity index (χ1) is 20.5. The molecule has 2 amide bonds. The lowest BCUT2D eigenvalue weighted by molar-refractivity contribution is -0.140. The number of carbonyl (C=O) groups is 2. The zero-order chi connectivity index (χ0) is 31.1.